The summed E-state index contributed by atoms with van der Waals surface area (Å²) in [7, 11) is 1.58. The van der Waals surface area contributed by atoms with Crippen LogP contribution in [-0.2, 0) is 0 Å². The van der Waals surface area contributed by atoms with Crippen molar-refractivity contribution in [3.8, 4) is 5.75 Å². The quantitative estimate of drug-likeness (QED) is 0.760. The number of carbonyl (C=O) groups is 1. The highest BCUT2D eigenvalue weighted by atomic mass is 16.5. The number of benzene rings is 2. The second-order valence-electron chi connectivity index (χ2n) is 5.14. The lowest BCUT2D eigenvalue weighted by molar-refractivity contribution is 0.0917. The lowest BCUT2D eigenvalue weighted by Gasteiger charge is -2.12. The SMILES string of the molecule is COc1ccc(C(O)CNC(=O)c2coc3ccccc23)cc1. The van der Waals surface area contributed by atoms with Gasteiger partial charge in [0.25, 0.3) is 5.91 Å². The van der Waals surface area contributed by atoms with Crippen molar-refractivity contribution in [1.82, 2.24) is 5.32 Å². The summed E-state index contributed by atoms with van der Waals surface area (Å²) in [5.41, 5.74) is 1.83. The fraction of sp³-hybridized carbons (Fsp3) is 0.167. The van der Waals surface area contributed by atoms with Gasteiger partial charge in [-0.05, 0) is 23.8 Å². The van der Waals surface area contributed by atoms with Crippen LogP contribution in [0, 0.1) is 0 Å². The van der Waals surface area contributed by atoms with E-state index < -0.39 is 6.10 Å². The molecule has 1 unspecified atom stereocenters. The topological polar surface area (TPSA) is 71.7 Å². The molecular weight excluding hydrogens is 294 g/mol. The van der Waals surface area contributed by atoms with Gasteiger partial charge in [0.05, 0.1) is 18.8 Å². The summed E-state index contributed by atoms with van der Waals surface area (Å²) in [5.74, 6) is 0.442. The van der Waals surface area contributed by atoms with Gasteiger partial charge in [-0.15, -0.1) is 0 Å². The zero-order valence-electron chi connectivity index (χ0n) is 12.7. The third-order valence-electron chi connectivity index (χ3n) is 3.68. The molecule has 1 amide bonds. The lowest BCUT2D eigenvalue weighted by atomic mass is 10.1. The summed E-state index contributed by atoms with van der Waals surface area (Å²) >= 11 is 0. The number of aliphatic hydroxyl groups is 1. The third-order valence-corrected chi connectivity index (χ3v) is 3.68. The van der Waals surface area contributed by atoms with Gasteiger partial charge in [0.1, 0.15) is 17.6 Å². The Bertz CT molecular complexity index is 807. The minimum Gasteiger partial charge on any atom is -0.497 e. The number of rotatable bonds is 5. The van der Waals surface area contributed by atoms with Crippen LogP contribution in [0.15, 0.2) is 59.2 Å². The Morgan fingerprint density at radius 1 is 1.22 bits per heavy atom. The van der Waals surface area contributed by atoms with Crippen LogP contribution in [0.4, 0.5) is 0 Å². The van der Waals surface area contributed by atoms with Crippen LogP contribution in [-0.4, -0.2) is 24.7 Å². The molecule has 5 heteroatoms. The van der Waals surface area contributed by atoms with Crippen LogP contribution in [0.2, 0.25) is 0 Å². The Kier molecular flexibility index (Phi) is 4.30. The Morgan fingerprint density at radius 2 is 1.96 bits per heavy atom. The summed E-state index contributed by atoms with van der Waals surface area (Å²) in [6.07, 6.45) is 0.641. The van der Waals surface area contributed by atoms with Gasteiger partial charge in [0.15, 0.2) is 0 Å². The van der Waals surface area contributed by atoms with E-state index in [9.17, 15) is 9.90 Å². The van der Waals surface area contributed by atoms with E-state index in [1.165, 1.54) is 6.26 Å². The number of methoxy groups -OCH3 is 1. The van der Waals surface area contributed by atoms with Crippen LogP contribution in [0.5, 0.6) is 5.75 Å². The second kappa shape index (κ2) is 6.54. The molecule has 118 valence electrons. The first-order chi connectivity index (χ1) is 11.2. The number of hydrogen-bond acceptors (Lipinski definition) is 4. The van der Waals surface area contributed by atoms with Crippen molar-refractivity contribution >= 4 is 16.9 Å². The minimum atomic E-state index is -0.789. The van der Waals surface area contributed by atoms with E-state index in [4.69, 9.17) is 9.15 Å². The number of carbonyl (C=O) groups excluding carboxylic acids is 1. The van der Waals surface area contributed by atoms with Crippen molar-refractivity contribution in [2.75, 3.05) is 13.7 Å². The average molecular weight is 311 g/mol. The zero-order valence-corrected chi connectivity index (χ0v) is 12.7. The average Bonchev–Trinajstić information content (AvgIpc) is 3.03. The predicted molar refractivity (Wildman–Crippen MR) is 86.5 cm³/mol. The molecule has 2 aromatic carbocycles. The number of para-hydroxylation sites is 1. The van der Waals surface area contributed by atoms with Gasteiger partial charge in [-0.1, -0.05) is 30.3 Å². The van der Waals surface area contributed by atoms with Gasteiger partial charge in [-0.2, -0.15) is 0 Å². The molecule has 0 aliphatic heterocycles. The number of amides is 1. The molecule has 0 aliphatic carbocycles. The standard InChI is InChI=1S/C18H17NO4/c1-22-13-8-6-12(7-9-13)16(20)10-19-18(21)15-11-23-17-5-3-2-4-14(15)17/h2-9,11,16,20H,10H2,1H3,(H,19,21). The van der Waals surface area contributed by atoms with Crippen molar-refractivity contribution in [2.24, 2.45) is 0 Å². The monoisotopic (exact) mass is 311 g/mol. The molecule has 3 aromatic rings. The number of nitrogens with one attached hydrogen (secondary N) is 1. The van der Waals surface area contributed by atoms with Gasteiger partial charge < -0.3 is 19.6 Å². The largest absolute Gasteiger partial charge is 0.497 e. The molecule has 2 N–H and O–H groups in total. The molecule has 23 heavy (non-hydrogen) atoms. The van der Waals surface area contributed by atoms with E-state index in [0.717, 1.165) is 11.1 Å². The highest BCUT2D eigenvalue weighted by molar-refractivity contribution is 6.05. The molecule has 5 nitrogen and oxygen atoms in total. The summed E-state index contributed by atoms with van der Waals surface area (Å²) < 4.78 is 10.4. The third kappa shape index (κ3) is 3.19. The van der Waals surface area contributed by atoms with Gasteiger partial charge >= 0.3 is 0 Å². The Hall–Kier alpha value is -2.79. The van der Waals surface area contributed by atoms with E-state index >= 15 is 0 Å². The van der Waals surface area contributed by atoms with E-state index in [1.54, 1.807) is 37.4 Å². The minimum absolute atomic E-state index is 0.116. The van der Waals surface area contributed by atoms with E-state index in [-0.39, 0.29) is 12.5 Å². The molecule has 0 radical (unpaired) electrons. The highest BCUT2D eigenvalue weighted by Gasteiger charge is 2.15. The Morgan fingerprint density at radius 3 is 2.70 bits per heavy atom. The van der Waals surface area contributed by atoms with Crippen molar-refractivity contribution < 1.29 is 19.1 Å². The van der Waals surface area contributed by atoms with E-state index in [1.807, 2.05) is 18.2 Å². The number of hydrogen-bond donors (Lipinski definition) is 2. The molecule has 0 fully saturated rings. The molecule has 1 aromatic heterocycles. The molecule has 0 bridgehead atoms. The maximum atomic E-state index is 12.3. The number of fused-ring (bicyclic) bond motifs is 1. The van der Waals surface area contributed by atoms with Crippen molar-refractivity contribution in [3.05, 3.63) is 65.9 Å². The number of aliphatic hydroxyl groups excluding tert-OH is 1. The first-order valence-corrected chi connectivity index (χ1v) is 7.25. The van der Waals surface area contributed by atoms with Crippen LogP contribution in [0.3, 0.4) is 0 Å². The van der Waals surface area contributed by atoms with E-state index in [2.05, 4.69) is 5.32 Å². The molecule has 0 spiro atoms. The van der Waals surface area contributed by atoms with Crippen LogP contribution >= 0.6 is 0 Å². The predicted octanol–water partition coefficient (Wildman–Crippen LogP) is 2.90. The zero-order chi connectivity index (χ0) is 16.2. The van der Waals surface area contributed by atoms with Gasteiger partial charge in [-0.3, -0.25) is 4.79 Å². The molecule has 1 heterocycles. The fourth-order valence-electron chi connectivity index (χ4n) is 2.38. The number of ether oxygens (including phenoxy) is 1. The van der Waals surface area contributed by atoms with Crippen molar-refractivity contribution in [1.29, 1.82) is 0 Å². The number of furan rings is 1. The summed E-state index contributed by atoms with van der Waals surface area (Å²) in [6, 6.07) is 14.4. The van der Waals surface area contributed by atoms with Crippen LogP contribution < -0.4 is 10.1 Å². The molecule has 0 saturated carbocycles. The van der Waals surface area contributed by atoms with Gasteiger partial charge in [-0.25, -0.2) is 0 Å². The maximum absolute atomic E-state index is 12.3. The highest BCUT2D eigenvalue weighted by Crippen LogP contribution is 2.21. The maximum Gasteiger partial charge on any atom is 0.255 e. The Balaban J connectivity index is 1.66. The lowest BCUT2D eigenvalue weighted by Crippen LogP contribution is -2.28. The normalized spacial score (nSPS) is 12.1. The molecule has 3 rings (SSSR count). The van der Waals surface area contributed by atoms with E-state index in [0.29, 0.717) is 16.7 Å². The summed E-state index contributed by atoms with van der Waals surface area (Å²) in [6.45, 7) is 0.116. The van der Waals surface area contributed by atoms with Crippen molar-refractivity contribution in [2.45, 2.75) is 6.10 Å². The van der Waals surface area contributed by atoms with Crippen LogP contribution in [0.1, 0.15) is 22.0 Å². The van der Waals surface area contributed by atoms with Gasteiger partial charge in [0.2, 0.25) is 0 Å². The first kappa shape index (κ1) is 15.1. The smallest absolute Gasteiger partial charge is 0.255 e. The van der Waals surface area contributed by atoms with Crippen LogP contribution in [0.25, 0.3) is 11.0 Å². The molecule has 0 saturated heterocycles. The fourth-order valence-corrected chi connectivity index (χ4v) is 2.38. The first-order valence-electron chi connectivity index (χ1n) is 7.25. The van der Waals surface area contributed by atoms with Crippen molar-refractivity contribution in [3.63, 3.8) is 0 Å². The van der Waals surface area contributed by atoms with Gasteiger partial charge in [0, 0.05) is 11.9 Å². The second-order valence-corrected chi connectivity index (χ2v) is 5.14. The molecule has 1 atom stereocenters. The molecular formula is C18H17NO4. The molecule has 0 aliphatic rings. The Labute approximate surface area is 133 Å². The summed E-state index contributed by atoms with van der Waals surface area (Å²) in [5, 5.41) is 13.6. The summed E-state index contributed by atoms with van der Waals surface area (Å²) in [4.78, 5) is 12.3.